The number of carbonyl (C=O) groups is 1. The molecule has 0 amide bonds. The molecule has 2 aromatic rings. The quantitative estimate of drug-likeness (QED) is 0.427. The van der Waals surface area contributed by atoms with Crippen molar-refractivity contribution < 1.29 is 9.53 Å². The lowest BCUT2D eigenvalue weighted by molar-refractivity contribution is -0.129. The summed E-state index contributed by atoms with van der Waals surface area (Å²) in [6.45, 7) is 4.02. The first kappa shape index (κ1) is 15.0. The number of aryl methyl sites for hydroxylation is 2. The van der Waals surface area contributed by atoms with Gasteiger partial charge in [-0.3, -0.25) is 0 Å². The summed E-state index contributed by atoms with van der Waals surface area (Å²) in [4.78, 5) is 16.4. The van der Waals surface area contributed by atoms with E-state index < -0.39 is 5.97 Å². The summed E-state index contributed by atoms with van der Waals surface area (Å²) in [6.07, 6.45) is 1.77. The van der Waals surface area contributed by atoms with Gasteiger partial charge in [-0.05, 0) is 77.4 Å². The summed E-state index contributed by atoms with van der Waals surface area (Å²) in [5, 5.41) is 0. The SMILES string of the molecule is Cc1cc(C2=N/C(=C\c3ccccc3C)C(=O)O2)ccc1I. The average Bonchev–Trinajstić information content (AvgIpc) is 2.85. The van der Waals surface area contributed by atoms with E-state index in [0.29, 0.717) is 11.6 Å². The van der Waals surface area contributed by atoms with Crippen molar-refractivity contribution >= 4 is 40.5 Å². The Morgan fingerprint density at radius 1 is 1.09 bits per heavy atom. The zero-order valence-corrected chi connectivity index (χ0v) is 14.4. The van der Waals surface area contributed by atoms with Crippen LogP contribution in [0.25, 0.3) is 6.08 Å². The van der Waals surface area contributed by atoms with Crippen LogP contribution >= 0.6 is 22.6 Å². The van der Waals surface area contributed by atoms with E-state index in [4.69, 9.17) is 4.74 Å². The summed E-state index contributed by atoms with van der Waals surface area (Å²) in [5.74, 6) is -0.0428. The zero-order valence-electron chi connectivity index (χ0n) is 12.3. The molecular weight excluding hydrogens is 389 g/mol. The van der Waals surface area contributed by atoms with E-state index in [2.05, 4.69) is 27.6 Å². The second-order valence-electron chi connectivity index (χ2n) is 5.16. The summed E-state index contributed by atoms with van der Waals surface area (Å²) < 4.78 is 6.48. The van der Waals surface area contributed by atoms with Gasteiger partial charge in [0.2, 0.25) is 5.90 Å². The molecule has 3 rings (SSSR count). The highest BCUT2D eigenvalue weighted by Crippen LogP contribution is 2.22. The van der Waals surface area contributed by atoms with Gasteiger partial charge < -0.3 is 4.74 Å². The predicted octanol–water partition coefficient (Wildman–Crippen LogP) is 4.25. The van der Waals surface area contributed by atoms with Crippen LogP contribution in [0.3, 0.4) is 0 Å². The van der Waals surface area contributed by atoms with Crippen LogP contribution in [0, 0.1) is 17.4 Å². The maximum atomic E-state index is 12.0. The maximum absolute atomic E-state index is 12.0. The molecule has 4 heteroatoms. The first-order chi connectivity index (χ1) is 10.5. The molecule has 22 heavy (non-hydrogen) atoms. The molecule has 0 radical (unpaired) electrons. The van der Waals surface area contributed by atoms with Gasteiger partial charge in [-0.15, -0.1) is 0 Å². The standard InChI is InChI=1S/C18H14INO2/c1-11-5-3-4-6-13(11)10-16-18(21)22-17(20-16)14-7-8-15(19)12(2)9-14/h3-10H,1-2H3/b16-10-. The molecule has 0 bridgehead atoms. The molecule has 0 atom stereocenters. The highest BCUT2D eigenvalue weighted by molar-refractivity contribution is 14.1. The molecule has 1 aliphatic rings. The molecular formula is C18H14INO2. The van der Waals surface area contributed by atoms with E-state index in [0.717, 1.165) is 22.3 Å². The third-order valence-corrected chi connectivity index (χ3v) is 4.72. The lowest BCUT2D eigenvalue weighted by Gasteiger charge is -2.02. The molecule has 0 fully saturated rings. The molecule has 0 spiro atoms. The zero-order chi connectivity index (χ0) is 15.7. The van der Waals surface area contributed by atoms with Gasteiger partial charge in [-0.1, -0.05) is 24.3 Å². The van der Waals surface area contributed by atoms with Gasteiger partial charge in [0.15, 0.2) is 5.70 Å². The highest BCUT2D eigenvalue weighted by Gasteiger charge is 2.24. The van der Waals surface area contributed by atoms with Gasteiger partial charge in [0.1, 0.15) is 0 Å². The van der Waals surface area contributed by atoms with Gasteiger partial charge in [0.05, 0.1) is 0 Å². The highest BCUT2D eigenvalue weighted by atomic mass is 127. The Kier molecular flexibility index (Phi) is 4.11. The lowest BCUT2D eigenvalue weighted by Crippen LogP contribution is -2.05. The van der Waals surface area contributed by atoms with Crippen molar-refractivity contribution in [3.63, 3.8) is 0 Å². The third-order valence-electron chi connectivity index (χ3n) is 3.51. The Labute approximate surface area is 142 Å². The molecule has 0 saturated heterocycles. The number of cyclic esters (lactones) is 1. The number of esters is 1. The number of hydrogen-bond donors (Lipinski definition) is 0. The van der Waals surface area contributed by atoms with Crippen LogP contribution in [0.4, 0.5) is 0 Å². The topological polar surface area (TPSA) is 38.7 Å². The van der Waals surface area contributed by atoms with Crippen molar-refractivity contribution in [2.45, 2.75) is 13.8 Å². The number of ether oxygens (including phenoxy) is 1. The maximum Gasteiger partial charge on any atom is 0.363 e. The van der Waals surface area contributed by atoms with E-state index in [-0.39, 0.29) is 0 Å². The van der Waals surface area contributed by atoms with Gasteiger partial charge in [-0.2, -0.15) is 0 Å². The van der Waals surface area contributed by atoms with Crippen LogP contribution in [0.1, 0.15) is 22.3 Å². The van der Waals surface area contributed by atoms with Crippen molar-refractivity contribution in [2.75, 3.05) is 0 Å². The van der Waals surface area contributed by atoms with Gasteiger partial charge in [-0.25, -0.2) is 9.79 Å². The lowest BCUT2D eigenvalue weighted by atomic mass is 10.1. The molecule has 3 nitrogen and oxygen atoms in total. The number of halogens is 1. The van der Waals surface area contributed by atoms with Crippen molar-refractivity contribution in [2.24, 2.45) is 4.99 Å². The fraction of sp³-hybridized carbons (Fsp3) is 0.111. The Morgan fingerprint density at radius 3 is 2.59 bits per heavy atom. The normalized spacial score (nSPS) is 15.9. The molecule has 2 aromatic carbocycles. The molecule has 0 unspecified atom stereocenters. The first-order valence-electron chi connectivity index (χ1n) is 6.89. The van der Waals surface area contributed by atoms with Crippen molar-refractivity contribution in [1.82, 2.24) is 0 Å². The number of hydrogen-bond acceptors (Lipinski definition) is 3. The largest absolute Gasteiger partial charge is 0.402 e. The smallest absolute Gasteiger partial charge is 0.363 e. The minimum atomic E-state index is -0.408. The number of nitrogens with zero attached hydrogens (tertiary/aromatic N) is 1. The fourth-order valence-corrected chi connectivity index (χ4v) is 2.54. The molecule has 0 saturated carbocycles. The van der Waals surface area contributed by atoms with Crippen LogP contribution in [0.15, 0.2) is 53.2 Å². The second kappa shape index (κ2) is 6.04. The van der Waals surface area contributed by atoms with Crippen LogP contribution in [0.2, 0.25) is 0 Å². The number of rotatable bonds is 2. The van der Waals surface area contributed by atoms with Crippen molar-refractivity contribution in [1.29, 1.82) is 0 Å². The Bertz CT molecular complexity index is 822. The monoisotopic (exact) mass is 403 g/mol. The van der Waals surface area contributed by atoms with Gasteiger partial charge >= 0.3 is 5.97 Å². The first-order valence-corrected chi connectivity index (χ1v) is 7.97. The van der Waals surface area contributed by atoms with E-state index >= 15 is 0 Å². The van der Waals surface area contributed by atoms with Crippen LogP contribution < -0.4 is 0 Å². The summed E-state index contributed by atoms with van der Waals surface area (Å²) in [7, 11) is 0. The Balaban J connectivity index is 1.98. The van der Waals surface area contributed by atoms with E-state index in [9.17, 15) is 4.79 Å². The molecule has 1 aliphatic heterocycles. The summed E-state index contributed by atoms with van der Waals surface area (Å²) in [6, 6.07) is 13.7. The molecule has 0 N–H and O–H groups in total. The van der Waals surface area contributed by atoms with Crippen molar-refractivity contribution in [3.8, 4) is 0 Å². The number of carbonyl (C=O) groups excluding carboxylic acids is 1. The second-order valence-corrected chi connectivity index (χ2v) is 6.32. The fourth-order valence-electron chi connectivity index (χ4n) is 2.21. The average molecular weight is 403 g/mol. The van der Waals surface area contributed by atoms with E-state index in [1.165, 1.54) is 3.57 Å². The number of aliphatic imine (C=N–C) groups is 1. The predicted molar refractivity (Wildman–Crippen MR) is 95.7 cm³/mol. The van der Waals surface area contributed by atoms with Gasteiger partial charge in [0.25, 0.3) is 0 Å². The molecule has 1 heterocycles. The number of benzene rings is 2. The van der Waals surface area contributed by atoms with Crippen LogP contribution in [-0.2, 0) is 9.53 Å². The van der Waals surface area contributed by atoms with Crippen LogP contribution in [0.5, 0.6) is 0 Å². The Morgan fingerprint density at radius 2 is 1.86 bits per heavy atom. The minimum absolute atomic E-state index is 0.334. The van der Waals surface area contributed by atoms with Crippen LogP contribution in [-0.4, -0.2) is 11.9 Å². The molecule has 110 valence electrons. The van der Waals surface area contributed by atoms with E-state index in [1.807, 2.05) is 56.3 Å². The minimum Gasteiger partial charge on any atom is -0.402 e. The van der Waals surface area contributed by atoms with E-state index in [1.54, 1.807) is 6.08 Å². The van der Waals surface area contributed by atoms with Crippen molar-refractivity contribution in [3.05, 3.63) is 74.0 Å². The summed E-state index contributed by atoms with van der Waals surface area (Å²) >= 11 is 2.27. The summed E-state index contributed by atoms with van der Waals surface area (Å²) in [5.41, 5.74) is 4.35. The molecule has 0 aromatic heterocycles. The Hall–Kier alpha value is -1.95. The molecule has 0 aliphatic carbocycles. The van der Waals surface area contributed by atoms with Gasteiger partial charge in [0, 0.05) is 9.13 Å². The third kappa shape index (κ3) is 2.97.